The molecule has 0 saturated heterocycles. The molecular weight excluding hydrogens is 376 g/mol. The van der Waals surface area contributed by atoms with Crippen molar-refractivity contribution in [2.45, 2.75) is 31.9 Å². The molecule has 1 atom stereocenters. The molecule has 150 valence electrons. The Morgan fingerprint density at radius 2 is 1.64 bits per heavy atom. The Balaban J connectivity index is 1.78. The van der Waals surface area contributed by atoms with Gasteiger partial charge in [-0.15, -0.1) is 0 Å². The van der Waals surface area contributed by atoms with Crippen LogP contribution < -0.4 is 14.2 Å². The van der Waals surface area contributed by atoms with Crippen molar-refractivity contribution < 1.29 is 17.9 Å². The van der Waals surface area contributed by atoms with Crippen LogP contribution in [0.3, 0.4) is 0 Å². The van der Waals surface area contributed by atoms with Gasteiger partial charge in [-0.05, 0) is 55.7 Å². The molecule has 0 radical (unpaired) electrons. The van der Waals surface area contributed by atoms with Crippen LogP contribution in [0.1, 0.15) is 37.8 Å². The molecule has 2 aromatic rings. The van der Waals surface area contributed by atoms with Crippen molar-refractivity contribution in [3.8, 4) is 17.6 Å². The lowest BCUT2D eigenvalue weighted by Gasteiger charge is -2.15. The third-order valence-electron chi connectivity index (χ3n) is 4.24. The van der Waals surface area contributed by atoms with Gasteiger partial charge in [0.1, 0.15) is 24.7 Å². The standard InChI is InChI=1S/C21H26N2O4S/c1-16(2)28(24,25)23-15-17(3)19-7-9-20(10-8-19)26-11-12-27-21-6-4-5-18(13-21)14-22/h4-10,13,16-17,23H,11-12,15H2,1-3H3. The topological polar surface area (TPSA) is 88.4 Å². The van der Waals surface area contributed by atoms with E-state index >= 15 is 0 Å². The Morgan fingerprint density at radius 3 is 2.25 bits per heavy atom. The first kappa shape index (κ1) is 21.7. The fourth-order valence-electron chi connectivity index (χ4n) is 2.39. The Kier molecular flexibility index (Phi) is 7.85. The second-order valence-corrected chi connectivity index (χ2v) is 9.07. The van der Waals surface area contributed by atoms with Crippen molar-refractivity contribution in [3.63, 3.8) is 0 Å². The number of hydrogen-bond donors (Lipinski definition) is 1. The van der Waals surface area contributed by atoms with E-state index in [1.807, 2.05) is 31.2 Å². The summed E-state index contributed by atoms with van der Waals surface area (Å²) < 4.78 is 37.6. The molecule has 0 aliphatic rings. The van der Waals surface area contributed by atoms with Crippen LogP contribution in [0.4, 0.5) is 0 Å². The minimum atomic E-state index is -3.26. The van der Waals surface area contributed by atoms with Gasteiger partial charge in [-0.2, -0.15) is 5.26 Å². The summed E-state index contributed by atoms with van der Waals surface area (Å²) in [5, 5.41) is 8.43. The van der Waals surface area contributed by atoms with Gasteiger partial charge in [0.25, 0.3) is 0 Å². The Morgan fingerprint density at radius 1 is 1.00 bits per heavy atom. The second-order valence-electron chi connectivity index (χ2n) is 6.75. The molecule has 2 rings (SSSR count). The maximum atomic E-state index is 11.8. The Bertz CT molecular complexity index is 903. The molecule has 0 bridgehead atoms. The molecule has 0 saturated carbocycles. The minimum Gasteiger partial charge on any atom is -0.490 e. The molecule has 6 nitrogen and oxygen atoms in total. The number of nitrogens with zero attached hydrogens (tertiary/aromatic N) is 1. The first-order chi connectivity index (χ1) is 13.3. The zero-order valence-corrected chi connectivity index (χ0v) is 17.2. The highest BCUT2D eigenvalue weighted by Crippen LogP contribution is 2.19. The molecule has 1 unspecified atom stereocenters. The number of ether oxygens (including phenoxy) is 2. The summed E-state index contributed by atoms with van der Waals surface area (Å²) >= 11 is 0. The molecule has 1 N–H and O–H groups in total. The van der Waals surface area contributed by atoms with Crippen LogP contribution in [-0.4, -0.2) is 33.4 Å². The van der Waals surface area contributed by atoms with E-state index in [-0.39, 0.29) is 5.92 Å². The normalized spacial score (nSPS) is 12.4. The van der Waals surface area contributed by atoms with E-state index in [0.29, 0.717) is 36.8 Å². The molecule has 0 heterocycles. The number of nitriles is 1. The summed E-state index contributed by atoms with van der Waals surface area (Å²) in [6.07, 6.45) is 0. The largest absolute Gasteiger partial charge is 0.490 e. The number of benzene rings is 2. The highest BCUT2D eigenvalue weighted by Gasteiger charge is 2.17. The van der Waals surface area contributed by atoms with Crippen LogP contribution in [-0.2, 0) is 10.0 Å². The third kappa shape index (κ3) is 6.55. The van der Waals surface area contributed by atoms with Crippen molar-refractivity contribution in [2.24, 2.45) is 0 Å². The van der Waals surface area contributed by atoms with Gasteiger partial charge in [0.05, 0.1) is 16.9 Å². The maximum Gasteiger partial charge on any atom is 0.213 e. The fourth-order valence-corrected chi connectivity index (χ4v) is 3.21. The van der Waals surface area contributed by atoms with Crippen LogP contribution in [0.15, 0.2) is 48.5 Å². The summed E-state index contributed by atoms with van der Waals surface area (Å²) in [5.74, 6) is 1.40. The van der Waals surface area contributed by atoms with Crippen molar-refractivity contribution in [3.05, 3.63) is 59.7 Å². The predicted octanol–water partition coefficient (Wildman–Crippen LogP) is 3.45. The number of rotatable bonds is 10. The summed E-state index contributed by atoms with van der Waals surface area (Å²) in [7, 11) is -3.26. The first-order valence-electron chi connectivity index (χ1n) is 9.16. The Hall–Kier alpha value is -2.56. The summed E-state index contributed by atoms with van der Waals surface area (Å²) in [6, 6.07) is 16.6. The summed E-state index contributed by atoms with van der Waals surface area (Å²) in [5.41, 5.74) is 1.59. The van der Waals surface area contributed by atoms with Gasteiger partial charge in [0.15, 0.2) is 0 Å². The van der Waals surface area contributed by atoms with Gasteiger partial charge >= 0.3 is 0 Å². The number of nitrogens with one attached hydrogen (secondary N) is 1. The van der Waals surface area contributed by atoms with Gasteiger partial charge in [0.2, 0.25) is 10.0 Å². The van der Waals surface area contributed by atoms with Gasteiger partial charge in [-0.3, -0.25) is 0 Å². The van der Waals surface area contributed by atoms with Crippen molar-refractivity contribution in [2.75, 3.05) is 19.8 Å². The molecule has 0 spiro atoms. The Labute approximate surface area is 167 Å². The molecule has 7 heteroatoms. The van der Waals surface area contributed by atoms with Gasteiger partial charge in [-0.1, -0.05) is 25.1 Å². The van der Waals surface area contributed by atoms with E-state index in [9.17, 15) is 8.42 Å². The number of hydrogen-bond acceptors (Lipinski definition) is 5. The van der Waals surface area contributed by atoms with Crippen LogP contribution in [0.25, 0.3) is 0 Å². The van der Waals surface area contributed by atoms with Gasteiger partial charge in [-0.25, -0.2) is 13.1 Å². The van der Waals surface area contributed by atoms with Crippen molar-refractivity contribution in [1.82, 2.24) is 4.72 Å². The van der Waals surface area contributed by atoms with Crippen molar-refractivity contribution in [1.29, 1.82) is 5.26 Å². The van der Waals surface area contributed by atoms with E-state index in [2.05, 4.69) is 10.8 Å². The average Bonchev–Trinajstić information content (AvgIpc) is 2.70. The highest BCUT2D eigenvalue weighted by atomic mass is 32.2. The summed E-state index contributed by atoms with van der Waals surface area (Å²) in [4.78, 5) is 0. The van der Waals surface area contributed by atoms with E-state index in [4.69, 9.17) is 14.7 Å². The zero-order valence-electron chi connectivity index (χ0n) is 16.4. The summed E-state index contributed by atoms with van der Waals surface area (Å²) in [6.45, 7) is 6.38. The predicted molar refractivity (Wildman–Crippen MR) is 109 cm³/mol. The molecule has 0 fully saturated rings. The smallest absolute Gasteiger partial charge is 0.213 e. The molecule has 0 aliphatic carbocycles. The molecular formula is C21H26N2O4S. The van der Waals surface area contributed by atoms with Crippen LogP contribution >= 0.6 is 0 Å². The van der Waals surface area contributed by atoms with Gasteiger partial charge in [0, 0.05) is 6.54 Å². The van der Waals surface area contributed by atoms with E-state index in [1.165, 1.54) is 0 Å². The first-order valence-corrected chi connectivity index (χ1v) is 10.7. The van der Waals surface area contributed by atoms with Crippen LogP contribution in [0.2, 0.25) is 0 Å². The average molecular weight is 403 g/mol. The van der Waals surface area contributed by atoms with E-state index in [0.717, 1.165) is 5.56 Å². The lowest BCUT2D eigenvalue weighted by Crippen LogP contribution is -2.33. The highest BCUT2D eigenvalue weighted by molar-refractivity contribution is 7.90. The monoisotopic (exact) mass is 402 g/mol. The fraction of sp³-hybridized carbons (Fsp3) is 0.381. The quantitative estimate of drug-likeness (QED) is 0.615. The van der Waals surface area contributed by atoms with E-state index in [1.54, 1.807) is 38.1 Å². The van der Waals surface area contributed by atoms with Crippen LogP contribution in [0.5, 0.6) is 11.5 Å². The molecule has 0 amide bonds. The molecule has 0 aromatic heterocycles. The lowest BCUT2D eigenvalue weighted by molar-refractivity contribution is 0.217. The SMILES string of the molecule is CC(CNS(=O)(=O)C(C)C)c1ccc(OCCOc2cccc(C#N)c2)cc1. The van der Waals surface area contributed by atoms with E-state index < -0.39 is 15.3 Å². The van der Waals surface area contributed by atoms with Crippen molar-refractivity contribution >= 4 is 10.0 Å². The molecule has 2 aromatic carbocycles. The zero-order chi connectivity index (χ0) is 20.6. The lowest BCUT2D eigenvalue weighted by atomic mass is 10.0. The second kappa shape index (κ2) is 10.1. The maximum absolute atomic E-state index is 11.8. The van der Waals surface area contributed by atoms with Gasteiger partial charge < -0.3 is 9.47 Å². The molecule has 28 heavy (non-hydrogen) atoms. The van der Waals surface area contributed by atoms with Crippen LogP contribution in [0, 0.1) is 11.3 Å². The number of sulfonamides is 1. The minimum absolute atomic E-state index is 0.0540. The third-order valence-corrected chi connectivity index (χ3v) is 6.05. The molecule has 0 aliphatic heterocycles.